The summed E-state index contributed by atoms with van der Waals surface area (Å²) in [5, 5.41) is 12.3. The summed E-state index contributed by atoms with van der Waals surface area (Å²) in [6.45, 7) is 14.7. The molecule has 5 heteroatoms. The number of nitrogens with zero attached hydrogens (tertiary/aromatic N) is 1. The minimum Gasteiger partial charge on any atom is -0.457 e. The van der Waals surface area contributed by atoms with E-state index in [-0.39, 0.29) is 18.0 Å². The molecule has 164 valence electrons. The van der Waals surface area contributed by atoms with Crippen molar-refractivity contribution in [2.75, 3.05) is 6.61 Å². The number of rotatable bonds is 11. The molecule has 0 saturated carbocycles. The first-order valence-electron chi connectivity index (χ1n) is 10.5. The fraction of sp³-hybridized carbons (Fsp3) is 0.625. The van der Waals surface area contributed by atoms with Gasteiger partial charge in [-0.2, -0.15) is 5.06 Å². The van der Waals surface area contributed by atoms with E-state index < -0.39 is 11.6 Å². The van der Waals surface area contributed by atoms with Gasteiger partial charge < -0.3 is 14.7 Å². The SMILES string of the molecule is CC(C)C[C@@H](/C=C\C(=O)OC(C)(C)C)N(O)[C@@H](COCc1ccccc1)C(C)C. The Hall–Kier alpha value is -1.69. The molecule has 29 heavy (non-hydrogen) atoms. The molecule has 2 atom stereocenters. The normalized spacial score (nSPS) is 14.7. The van der Waals surface area contributed by atoms with Crippen molar-refractivity contribution in [1.82, 2.24) is 5.06 Å². The Morgan fingerprint density at radius 2 is 1.76 bits per heavy atom. The number of esters is 1. The molecule has 0 unspecified atom stereocenters. The molecule has 1 N–H and O–H groups in total. The minimum absolute atomic E-state index is 0.181. The second-order valence-electron chi connectivity index (χ2n) is 9.28. The molecule has 0 aliphatic heterocycles. The smallest absolute Gasteiger partial charge is 0.330 e. The van der Waals surface area contributed by atoms with Crippen LogP contribution in [0, 0.1) is 11.8 Å². The average molecular weight is 406 g/mol. The highest BCUT2D eigenvalue weighted by Crippen LogP contribution is 2.20. The monoisotopic (exact) mass is 405 g/mol. The van der Waals surface area contributed by atoms with Crippen LogP contribution in [0.3, 0.4) is 0 Å². The van der Waals surface area contributed by atoms with E-state index in [1.165, 1.54) is 11.1 Å². The van der Waals surface area contributed by atoms with Crippen molar-refractivity contribution in [3.05, 3.63) is 48.0 Å². The highest BCUT2D eigenvalue weighted by Gasteiger charge is 2.27. The third-order valence-electron chi connectivity index (χ3n) is 4.42. The Bertz CT molecular complexity index is 620. The van der Waals surface area contributed by atoms with Crippen molar-refractivity contribution in [3.8, 4) is 0 Å². The summed E-state index contributed by atoms with van der Waals surface area (Å²) in [7, 11) is 0. The summed E-state index contributed by atoms with van der Waals surface area (Å²) >= 11 is 0. The van der Waals surface area contributed by atoms with Gasteiger partial charge in [-0.15, -0.1) is 0 Å². The molecule has 0 saturated heterocycles. The number of hydrogen-bond donors (Lipinski definition) is 1. The first-order valence-corrected chi connectivity index (χ1v) is 10.5. The maximum absolute atomic E-state index is 12.1. The van der Waals surface area contributed by atoms with Crippen LogP contribution in [0.4, 0.5) is 0 Å². The van der Waals surface area contributed by atoms with Gasteiger partial charge in [0.05, 0.1) is 25.3 Å². The van der Waals surface area contributed by atoms with E-state index in [1.54, 1.807) is 6.08 Å². The van der Waals surface area contributed by atoms with Gasteiger partial charge in [0.2, 0.25) is 0 Å². The molecule has 5 nitrogen and oxygen atoms in total. The molecular weight excluding hydrogens is 366 g/mol. The van der Waals surface area contributed by atoms with Gasteiger partial charge in [-0.25, -0.2) is 4.79 Å². The standard InChI is InChI=1S/C24H39NO4/c1-18(2)15-21(13-14-23(26)29-24(5,6)7)25(27)22(19(3)4)17-28-16-20-11-9-8-10-12-20/h8-14,18-19,21-22,27H,15-17H2,1-7H3/b14-13-/t21-,22+/m1/s1. The molecule has 1 aromatic rings. The Morgan fingerprint density at radius 1 is 1.14 bits per heavy atom. The van der Waals surface area contributed by atoms with E-state index in [9.17, 15) is 10.0 Å². The van der Waals surface area contributed by atoms with Gasteiger partial charge in [-0.3, -0.25) is 0 Å². The minimum atomic E-state index is -0.542. The van der Waals surface area contributed by atoms with E-state index in [2.05, 4.69) is 27.7 Å². The van der Waals surface area contributed by atoms with Crippen LogP contribution < -0.4 is 0 Å². The van der Waals surface area contributed by atoms with Crippen LogP contribution in [0.25, 0.3) is 0 Å². The molecule has 0 radical (unpaired) electrons. The van der Waals surface area contributed by atoms with Crippen LogP contribution in [-0.4, -0.2) is 40.5 Å². The maximum Gasteiger partial charge on any atom is 0.330 e. The lowest BCUT2D eigenvalue weighted by Crippen LogP contribution is -2.46. The van der Waals surface area contributed by atoms with Crippen LogP contribution in [0.15, 0.2) is 42.5 Å². The molecular formula is C24H39NO4. The van der Waals surface area contributed by atoms with E-state index in [0.717, 1.165) is 12.0 Å². The third kappa shape index (κ3) is 10.6. The summed E-state index contributed by atoms with van der Waals surface area (Å²) in [5.41, 5.74) is 0.558. The van der Waals surface area contributed by atoms with Gasteiger partial charge in [0.1, 0.15) is 5.60 Å². The lowest BCUT2D eigenvalue weighted by molar-refractivity contribution is -0.177. The predicted molar refractivity (Wildman–Crippen MR) is 117 cm³/mol. The van der Waals surface area contributed by atoms with Crippen LogP contribution in [-0.2, 0) is 20.9 Å². The fourth-order valence-electron chi connectivity index (χ4n) is 2.98. The average Bonchev–Trinajstić information content (AvgIpc) is 2.60. The molecule has 0 aliphatic rings. The number of carbonyl (C=O) groups is 1. The molecule has 1 rings (SSSR count). The number of benzene rings is 1. The molecule has 0 heterocycles. The quantitative estimate of drug-likeness (QED) is 0.310. The maximum atomic E-state index is 12.1. The molecule has 0 aliphatic carbocycles. The van der Waals surface area contributed by atoms with Gasteiger partial charge in [-0.1, -0.05) is 64.1 Å². The predicted octanol–water partition coefficient (Wildman–Crippen LogP) is 5.23. The number of ether oxygens (including phenoxy) is 2. The second kappa shape index (κ2) is 12.1. The summed E-state index contributed by atoms with van der Waals surface area (Å²) in [6, 6.07) is 9.50. The molecule has 0 fully saturated rings. The Labute approximate surface area is 176 Å². The van der Waals surface area contributed by atoms with E-state index in [1.807, 2.05) is 51.1 Å². The number of hydrogen-bond acceptors (Lipinski definition) is 5. The van der Waals surface area contributed by atoms with Crippen molar-refractivity contribution < 1.29 is 19.5 Å². The topological polar surface area (TPSA) is 59.0 Å². The van der Waals surface area contributed by atoms with Crippen LogP contribution in [0.5, 0.6) is 0 Å². The number of hydroxylamine groups is 2. The fourth-order valence-corrected chi connectivity index (χ4v) is 2.98. The second-order valence-corrected chi connectivity index (χ2v) is 9.28. The van der Waals surface area contributed by atoms with Gasteiger partial charge >= 0.3 is 5.97 Å². The third-order valence-corrected chi connectivity index (χ3v) is 4.42. The Morgan fingerprint density at radius 3 is 2.28 bits per heavy atom. The first-order chi connectivity index (χ1) is 13.5. The molecule has 0 amide bonds. The van der Waals surface area contributed by atoms with Crippen molar-refractivity contribution in [2.45, 2.75) is 79.2 Å². The summed E-state index contributed by atoms with van der Waals surface area (Å²) < 4.78 is 11.2. The first kappa shape index (κ1) is 25.3. The summed E-state index contributed by atoms with van der Waals surface area (Å²) in [6.07, 6.45) is 3.88. The number of carbonyl (C=O) groups excluding carboxylic acids is 1. The van der Waals surface area contributed by atoms with Crippen molar-refractivity contribution >= 4 is 5.97 Å². The molecule has 0 spiro atoms. The largest absolute Gasteiger partial charge is 0.457 e. The van der Waals surface area contributed by atoms with Crippen molar-refractivity contribution in [2.24, 2.45) is 11.8 Å². The highest BCUT2D eigenvalue weighted by atomic mass is 16.6. The van der Waals surface area contributed by atoms with E-state index in [4.69, 9.17) is 9.47 Å². The summed E-state index contributed by atoms with van der Waals surface area (Å²) in [4.78, 5) is 12.1. The van der Waals surface area contributed by atoms with Gasteiger partial charge in [0, 0.05) is 6.08 Å². The van der Waals surface area contributed by atoms with E-state index in [0.29, 0.717) is 19.1 Å². The Balaban J connectivity index is 2.80. The lowest BCUT2D eigenvalue weighted by atomic mass is 9.98. The van der Waals surface area contributed by atoms with Gasteiger partial charge in [0.25, 0.3) is 0 Å². The van der Waals surface area contributed by atoms with Crippen LogP contribution in [0.2, 0.25) is 0 Å². The van der Waals surface area contributed by atoms with E-state index >= 15 is 0 Å². The zero-order valence-corrected chi connectivity index (χ0v) is 19.1. The highest BCUT2D eigenvalue weighted by molar-refractivity contribution is 5.82. The van der Waals surface area contributed by atoms with Crippen LogP contribution >= 0.6 is 0 Å². The van der Waals surface area contributed by atoms with Gasteiger partial charge in [0.15, 0.2) is 0 Å². The summed E-state index contributed by atoms with van der Waals surface area (Å²) in [5.74, 6) is 0.137. The Kier molecular flexibility index (Phi) is 10.6. The molecule has 0 aromatic heterocycles. The zero-order valence-electron chi connectivity index (χ0n) is 19.1. The van der Waals surface area contributed by atoms with Crippen molar-refractivity contribution in [3.63, 3.8) is 0 Å². The zero-order chi connectivity index (χ0) is 22.0. The molecule has 0 bridgehead atoms. The van der Waals surface area contributed by atoms with Gasteiger partial charge in [-0.05, 0) is 44.6 Å². The lowest BCUT2D eigenvalue weighted by Gasteiger charge is -2.34. The van der Waals surface area contributed by atoms with Crippen LogP contribution in [0.1, 0.15) is 60.5 Å². The van der Waals surface area contributed by atoms with Crippen molar-refractivity contribution in [1.29, 1.82) is 0 Å². The molecule has 1 aromatic carbocycles.